The van der Waals surface area contributed by atoms with Crippen LogP contribution in [-0.4, -0.2) is 29.1 Å². The maximum absolute atomic E-state index is 6.51. The molecule has 1 aromatic heterocycles. The predicted octanol–water partition coefficient (Wildman–Crippen LogP) is 6.28. The van der Waals surface area contributed by atoms with Gasteiger partial charge in [-0.25, -0.2) is 0 Å². The Morgan fingerprint density at radius 2 is 1.64 bits per heavy atom. The van der Waals surface area contributed by atoms with Crippen molar-refractivity contribution < 1.29 is 9.47 Å². The molecular formula is C18H32O2SSn. The van der Waals surface area contributed by atoms with Gasteiger partial charge in [-0.05, 0) is 0 Å². The van der Waals surface area contributed by atoms with Crippen LogP contribution in [-0.2, 0) is 0 Å². The molecule has 2 nitrogen and oxygen atoms in total. The molecule has 0 N–H and O–H groups in total. The molecule has 0 fully saturated rings. The van der Waals surface area contributed by atoms with Gasteiger partial charge < -0.3 is 0 Å². The van der Waals surface area contributed by atoms with Crippen molar-refractivity contribution in [2.24, 2.45) is 0 Å². The number of hydrogen-bond acceptors (Lipinski definition) is 3. The fourth-order valence-corrected chi connectivity index (χ4v) is 20.5. The fourth-order valence-electron chi connectivity index (χ4n) is 3.56. The van der Waals surface area contributed by atoms with Crippen molar-refractivity contribution >= 4 is 29.7 Å². The minimum atomic E-state index is -2.33. The standard InChI is InChI=1S/C6H5O2S.3C4H9.Sn/c1-4-9-6-5(1)7-2-3-8-6;3*1-3-4-2;/h1-2,4H,3H2;3*1,3-4H2,2H3;. The van der Waals surface area contributed by atoms with E-state index in [-0.39, 0.29) is 0 Å². The van der Waals surface area contributed by atoms with Gasteiger partial charge in [-0.1, -0.05) is 0 Å². The van der Waals surface area contributed by atoms with E-state index in [1.165, 1.54) is 51.8 Å². The average Bonchev–Trinajstić information content (AvgIpc) is 3.02. The predicted molar refractivity (Wildman–Crippen MR) is 99.1 cm³/mol. The van der Waals surface area contributed by atoms with Crippen molar-refractivity contribution in [3.05, 3.63) is 11.4 Å². The molecule has 0 aromatic carbocycles. The van der Waals surface area contributed by atoms with Gasteiger partial charge in [0, 0.05) is 0 Å². The topological polar surface area (TPSA) is 18.5 Å². The summed E-state index contributed by atoms with van der Waals surface area (Å²) in [6, 6.07) is 2.10. The Kier molecular flexibility index (Phi) is 7.88. The molecule has 1 aliphatic rings. The maximum atomic E-state index is 6.51. The summed E-state index contributed by atoms with van der Waals surface area (Å²) in [6.07, 6.45) is 8.11. The average molecular weight is 431 g/mol. The SMILES string of the molecule is CCC[CH2][Sn]([CH2]CCC)([CH2]CCC)[CH]1COc2sccc2O1. The van der Waals surface area contributed by atoms with E-state index in [2.05, 4.69) is 32.2 Å². The molecule has 1 unspecified atom stereocenters. The van der Waals surface area contributed by atoms with Crippen LogP contribution in [0.2, 0.25) is 13.3 Å². The zero-order chi connectivity index (χ0) is 15.8. The molecule has 0 saturated heterocycles. The quantitative estimate of drug-likeness (QED) is 0.407. The number of rotatable bonds is 10. The van der Waals surface area contributed by atoms with Crippen LogP contribution >= 0.6 is 11.3 Å². The Hall–Kier alpha value is 0.0987. The third kappa shape index (κ3) is 4.56. The monoisotopic (exact) mass is 432 g/mol. The van der Waals surface area contributed by atoms with E-state index in [9.17, 15) is 0 Å². The van der Waals surface area contributed by atoms with Crippen LogP contribution in [0.1, 0.15) is 59.3 Å². The second-order valence-electron chi connectivity index (χ2n) is 6.66. The fraction of sp³-hybridized carbons (Fsp3) is 0.778. The van der Waals surface area contributed by atoms with Gasteiger partial charge in [-0.3, -0.25) is 0 Å². The van der Waals surface area contributed by atoms with Crippen molar-refractivity contribution in [2.45, 2.75) is 76.7 Å². The summed E-state index contributed by atoms with van der Waals surface area (Å²) < 4.78 is 17.5. The summed E-state index contributed by atoms with van der Waals surface area (Å²) in [5.41, 5.74) is 0. The van der Waals surface area contributed by atoms with Crippen LogP contribution in [0.4, 0.5) is 0 Å². The molecular weight excluding hydrogens is 399 g/mol. The molecule has 0 aliphatic carbocycles. The van der Waals surface area contributed by atoms with Crippen LogP contribution in [0.5, 0.6) is 10.8 Å². The summed E-state index contributed by atoms with van der Waals surface area (Å²) in [5.74, 6) is 1.02. The van der Waals surface area contributed by atoms with E-state index in [1.54, 1.807) is 11.3 Å². The molecule has 0 radical (unpaired) electrons. The van der Waals surface area contributed by atoms with Gasteiger partial charge in [-0.2, -0.15) is 0 Å². The van der Waals surface area contributed by atoms with E-state index in [0.29, 0.717) is 4.12 Å². The molecule has 2 rings (SSSR count). The van der Waals surface area contributed by atoms with Crippen molar-refractivity contribution in [3.8, 4) is 10.8 Å². The number of thiophene rings is 1. The second kappa shape index (κ2) is 9.41. The Morgan fingerprint density at radius 1 is 1.05 bits per heavy atom. The molecule has 22 heavy (non-hydrogen) atoms. The minimum absolute atomic E-state index is 0.432. The first-order chi connectivity index (χ1) is 10.8. The summed E-state index contributed by atoms with van der Waals surface area (Å²) in [6.45, 7) is 7.79. The molecule has 0 amide bonds. The van der Waals surface area contributed by atoms with Gasteiger partial charge in [0.2, 0.25) is 0 Å². The van der Waals surface area contributed by atoms with Gasteiger partial charge in [0.1, 0.15) is 0 Å². The number of hydrogen-bond donors (Lipinski definition) is 0. The Morgan fingerprint density at radius 3 is 2.18 bits per heavy atom. The molecule has 1 atom stereocenters. The first kappa shape index (κ1) is 18.4. The van der Waals surface area contributed by atoms with Gasteiger partial charge in [0.25, 0.3) is 0 Å². The van der Waals surface area contributed by atoms with E-state index < -0.39 is 18.4 Å². The third-order valence-corrected chi connectivity index (χ3v) is 22.1. The summed E-state index contributed by atoms with van der Waals surface area (Å²) in [7, 11) is 0. The van der Waals surface area contributed by atoms with Gasteiger partial charge in [0.15, 0.2) is 0 Å². The Labute approximate surface area is 144 Å². The number of ether oxygens (including phenoxy) is 2. The van der Waals surface area contributed by atoms with Crippen LogP contribution in [0.15, 0.2) is 11.4 Å². The molecule has 1 aromatic rings. The number of unbranched alkanes of at least 4 members (excludes halogenated alkanes) is 3. The zero-order valence-electron chi connectivity index (χ0n) is 14.5. The van der Waals surface area contributed by atoms with Crippen LogP contribution in [0, 0.1) is 0 Å². The molecule has 2 heterocycles. The van der Waals surface area contributed by atoms with Crippen LogP contribution < -0.4 is 9.47 Å². The van der Waals surface area contributed by atoms with Crippen molar-refractivity contribution in [3.63, 3.8) is 0 Å². The van der Waals surface area contributed by atoms with Crippen molar-refractivity contribution in [1.29, 1.82) is 0 Å². The molecule has 1 aliphatic heterocycles. The van der Waals surface area contributed by atoms with Crippen LogP contribution in [0.3, 0.4) is 0 Å². The second-order valence-corrected chi connectivity index (χ2v) is 21.4. The first-order valence-corrected chi connectivity index (χ1v) is 17.7. The molecule has 0 spiro atoms. The first-order valence-electron chi connectivity index (χ1n) is 9.12. The molecule has 126 valence electrons. The van der Waals surface area contributed by atoms with Crippen molar-refractivity contribution in [1.82, 2.24) is 0 Å². The Bertz CT molecular complexity index is 411. The molecule has 0 bridgehead atoms. The van der Waals surface area contributed by atoms with E-state index in [0.717, 1.165) is 17.4 Å². The zero-order valence-corrected chi connectivity index (χ0v) is 18.2. The molecule has 0 saturated carbocycles. The van der Waals surface area contributed by atoms with Gasteiger partial charge in [-0.15, -0.1) is 0 Å². The van der Waals surface area contributed by atoms with Gasteiger partial charge >= 0.3 is 145 Å². The third-order valence-electron chi connectivity index (χ3n) is 5.00. The van der Waals surface area contributed by atoms with Crippen molar-refractivity contribution in [2.75, 3.05) is 6.61 Å². The Balaban J connectivity index is 2.16. The summed E-state index contributed by atoms with van der Waals surface area (Å²) in [5, 5.41) is 3.09. The van der Waals surface area contributed by atoms with E-state index >= 15 is 0 Å². The summed E-state index contributed by atoms with van der Waals surface area (Å²) in [4.78, 5) is 0. The number of fused-ring (bicyclic) bond motifs is 1. The van der Waals surface area contributed by atoms with Crippen LogP contribution in [0.25, 0.3) is 0 Å². The van der Waals surface area contributed by atoms with E-state index in [4.69, 9.17) is 9.47 Å². The van der Waals surface area contributed by atoms with Gasteiger partial charge in [0.05, 0.1) is 0 Å². The van der Waals surface area contributed by atoms with E-state index in [1.807, 2.05) is 0 Å². The normalized spacial score (nSPS) is 17.7. The molecule has 4 heteroatoms. The summed E-state index contributed by atoms with van der Waals surface area (Å²) >= 11 is -0.663.